The van der Waals surface area contributed by atoms with Crippen molar-refractivity contribution in [1.29, 1.82) is 0 Å². The number of rotatable bonds is 8. The molecule has 2 aromatic carbocycles. The van der Waals surface area contributed by atoms with Crippen molar-refractivity contribution < 1.29 is 19.1 Å². The lowest BCUT2D eigenvalue weighted by atomic mass is 10.0. The molecule has 0 spiro atoms. The van der Waals surface area contributed by atoms with Crippen molar-refractivity contribution in [3.05, 3.63) is 70.6 Å². The lowest BCUT2D eigenvalue weighted by Gasteiger charge is -2.08. The van der Waals surface area contributed by atoms with Gasteiger partial charge in [0, 0.05) is 17.4 Å². The lowest BCUT2D eigenvalue weighted by Crippen LogP contribution is -2.14. The van der Waals surface area contributed by atoms with Gasteiger partial charge in [-0.25, -0.2) is 4.79 Å². The molecule has 3 aromatic rings. The molecular formula is C24H25NO4S. The summed E-state index contributed by atoms with van der Waals surface area (Å²) in [5, 5.41) is 5.28. The van der Waals surface area contributed by atoms with Gasteiger partial charge >= 0.3 is 5.97 Å². The first-order valence-electron chi connectivity index (χ1n) is 9.77. The molecule has 156 valence electrons. The van der Waals surface area contributed by atoms with E-state index in [9.17, 15) is 9.59 Å². The average molecular weight is 424 g/mol. The molecule has 0 aliphatic rings. The number of benzene rings is 2. The number of carbonyl (C=O) groups is 2. The van der Waals surface area contributed by atoms with Crippen LogP contribution in [0.3, 0.4) is 0 Å². The zero-order chi connectivity index (χ0) is 21.5. The minimum Gasteiger partial charge on any atom is -0.497 e. The van der Waals surface area contributed by atoms with Gasteiger partial charge in [-0.1, -0.05) is 43.3 Å². The molecule has 3 rings (SSSR count). The van der Waals surface area contributed by atoms with Gasteiger partial charge in [0.25, 0.3) is 0 Å². The number of thiophene rings is 1. The van der Waals surface area contributed by atoms with Gasteiger partial charge in [-0.2, -0.15) is 0 Å². The van der Waals surface area contributed by atoms with Crippen molar-refractivity contribution >= 4 is 28.2 Å². The Kier molecular flexibility index (Phi) is 7.25. The molecule has 0 fully saturated rings. The van der Waals surface area contributed by atoms with E-state index in [2.05, 4.69) is 12.2 Å². The molecule has 30 heavy (non-hydrogen) atoms. The van der Waals surface area contributed by atoms with Crippen LogP contribution in [0.2, 0.25) is 0 Å². The number of aryl methyl sites for hydroxylation is 2. The van der Waals surface area contributed by atoms with E-state index in [0.29, 0.717) is 23.4 Å². The third kappa shape index (κ3) is 5.07. The van der Waals surface area contributed by atoms with Crippen LogP contribution in [0.25, 0.3) is 11.1 Å². The number of hydrogen-bond donors (Lipinski definition) is 1. The number of nitrogens with one attached hydrogen (secondary N) is 1. The highest BCUT2D eigenvalue weighted by molar-refractivity contribution is 7.15. The van der Waals surface area contributed by atoms with Crippen LogP contribution in [-0.2, 0) is 22.4 Å². The van der Waals surface area contributed by atoms with Crippen LogP contribution in [0.1, 0.15) is 34.8 Å². The first-order chi connectivity index (χ1) is 14.5. The van der Waals surface area contributed by atoms with Gasteiger partial charge in [0.2, 0.25) is 5.91 Å². The Morgan fingerprint density at radius 2 is 1.63 bits per heavy atom. The molecule has 0 bridgehead atoms. The smallest absolute Gasteiger partial charge is 0.341 e. The molecule has 0 aliphatic heterocycles. The van der Waals surface area contributed by atoms with E-state index in [1.165, 1.54) is 24.0 Å². The Bertz CT molecular complexity index is 1010. The summed E-state index contributed by atoms with van der Waals surface area (Å²) in [7, 11) is 2.97. The average Bonchev–Trinajstić information content (AvgIpc) is 3.20. The molecule has 0 radical (unpaired) electrons. The molecule has 1 heterocycles. The van der Waals surface area contributed by atoms with E-state index in [0.717, 1.165) is 28.9 Å². The normalized spacial score (nSPS) is 10.5. The largest absolute Gasteiger partial charge is 0.497 e. The standard InChI is InChI=1S/C24H25NO4S/c1-4-16-5-10-18(11-6-16)20-15-30-23(22(20)24(27)29-3)25-21(26)14-9-17-7-12-19(28-2)13-8-17/h5-8,10-13,15H,4,9,14H2,1-3H3,(H,25,26). The SMILES string of the molecule is CCc1ccc(-c2csc(NC(=O)CCc3ccc(OC)cc3)c2C(=O)OC)cc1. The number of ether oxygens (including phenoxy) is 2. The van der Waals surface area contributed by atoms with Crippen LogP contribution >= 0.6 is 11.3 Å². The maximum absolute atomic E-state index is 12.5. The van der Waals surface area contributed by atoms with Gasteiger partial charge in [0.15, 0.2) is 0 Å². The van der Waals surface area contributed by atoms with E-state index in [1.807, 2.05) is 53.9 Å². The molecule has 0 unspecified atom stereocenters. The highest BCUT2D eigenvalue weighted by Crippen LogP contribution is 2.36. The van der Waals surface area contributed by atoms with Crippen molar-refractivity contribution in [2.24, 2.45) is 0 Å². The van der Waals surface area contributed by atoms with E-state index in [-0.39, 0.29) is 5.91 Å². The molecule has 0 atom stereocenters. The number of amides is 1. The topological polar surface area (TPSA) is 64.6 Å². The second-order valence-corrected chi connectivity index (χ2v) is 7.67. The second-order valence-electron chi connectivity index (χ2n) is 6.79. The molecule has 1 N–H and O–H groups in total. The van der Waals surface area contributed by atoms with Gasteiger partial charge in [-0.15, -0.1) is 11.3 Å². The maximum atomic E-state index is 12.5. The van der Waals surface area contributed by atoms with Crippen LogP contribution in [0, 0.1) is 0 Å². The van der Waals surface area contributed by atoms with Crippen LogP contribution in [0.5, 0.6) is 5.75 Å². The monoisotopic (exact) mass is 423 g/mol. The molecule has 6 heteroatoms. The van der Waals surface area contributed by atoms with Crippen molar-refractivity contribution in [3.8, 4) is 16.9 Å². The number of methoxy groups -OCH3 is 2. The lowest BCUT2D eigenvalue weighted by molar-refractivity contribution is -0.116. The van der Waals surface area contributed by atoms with Crippen LogP contribution in [0.4, 0.5) is 5.00 Å². The van der Waals surface area contributed by atoms with Crippen molar-refractivity contribution in [2.45, 2.75) is 26.2 Å². The predicted molar refractivity (Wildman–Crippen MR) is 120 cm³/mol. The summed E-state index contributed by atoms with van der Waals surface area (Å²) in [5.41, 5.74) is 4.34. The summed E-state index contributed by atoms with van der Waals surface area (Å²) >= 11 is 1.33. The second kappa shape index (κ2) is 10.1. The fourth-order valence-electron chi connectivity index (χ4n) is 3.13. The summed E-state index contributed by atoms with van der Waals surface area (Å²) < 4.78 is 10.1. The van der Waals surface area contributed by atoms with Crippen LogP contribution in [0.15, 0.2) is 53.9 Å². The number of anilines is 1. The zero-order valence-electron chi connectivity index (χ0n) is 17.4. The van der Waals surface area contributed by atoms with E-state index in [1.54, 1.807) is 7.11 Å². The molecule has 0 saturated heterocycles. The fraction of sp³-hybridized carbons (Fsp3) is 0.250. The van der Waals surface area contributed by atoms with Crippen LogP contribution in [-0.4, -0.2) is 26.1 Å². The number of esters is 1. The van der Waals surface area contributed by atoms with Gasteiger partial charge in [-0.05, 0) is 41.7 Å². The molecule has 5 nitrogen and oxygen atoms in total. The molecule has 1 aromatic heterocycles. The molecule has 1 amide bonds. The van der Waals surface area contributed by atoms with Crippen molar-refractivity contribution in [1.82, 2.24) is 0 Å². The third-order valence-corrected chi connectivity index (χ3v) is 5.80. The Labute approximate surface area is 180 Å². The number of carbonyl (C=O) groups excluding carboxylic acids is 2. The summed E-state index contributed by atoms with van der Waals surface area (Å²) in [6.07, 6.45) is 1.86. The minimum absolute atomic E-state index is 0.147. The van der Waals surface area contributed by atoms with Crippen molar-refractivity contribution in [3.63, 3.8) is 0 Å². The van der Waals surface area contributed by atoms with Gasteiger partial charge in [0.1, 0.15) is 16.3 Å². The van der Waals surface area contributed by atoms with E-state index in [4.69, 9.17) is 9.47 Å². The summed E-state index contributed by atoms with van der Waals surface area (Å²) in [6, 6.07) is 15.7. The quantitative estimate of drug-likeness (QED) is 0.497. The third-order valence-electron chi connectivity index (χ3n) is 4.91. The molecule has 0 aliphatic carbocycles. The Morgan fingerprint density at radius 1 is 0.967 bits per heavy atom. The first-order valence-corrected chi connectivity index (χ1v) is 10.7. The molecular weight excluding hydrogens is 398 g/mol. The summed E-state index contributed by atoms with van der Waals surface area (Å²) in [4.78, 5) is 25.0. The Morgan fingerprint density at radius 3 is 2.23 bits per heavy atom. The summed E-state index contributed by atoms with van der Waals surface area (Å²) in [6.45, 7) is 2.10. The Hall–Kier alpha value is -3.12. The van der Waals surface area contributed by atoms with Crippen LogP contribution < -0.4 is 10.1 Å². The van der Waals surface area contributed by atoms with Gasteiger partial charge in [0.05, 0.1) is 14.2 Å². The summed E-state index contributed by atoms with van der Waals surface area (Å²) in [5.74, 6) is 0.172. The first kappa shape index (κ1) is 21.6. The molecule has 0 saturated carbocycles. The fourth-order valence-corrected chi connectivity index (χ4v) is 4.10. The number of hydrogen-bond acceptors (Lipinski definition) is 5. The van der Waals surface area contributed by atoms with E-state index < -0.39 is 5.97 Å². The maximum Gasteiger partial charge on any atom is 0.341 e. The highest BCUT2D eigenvalue weighted by Gasteiger charge is 2.22. The van der Waals surface area contributed by atoms with E-state index >= 15 is 0 Å². The van der Waals surface area contributed by atoms with Crippen molar-refractivity contribution in [2.75, 3.05) is 19.5 Å². The van der Waals surface area contributed by atoms with Gasteiger partial charge in [-0.3, -0.25) is 4.79 Å². The highest BCUT2D eigenvalue weighted by atomic mass is 32.1. The minimum atomic E-state index is -0.462. The van der Waals surface area contributed by atoms with Gasteiger partial charge < -0.3 is 14.8 Å². The Balaban J connectivity index is 1.74. The zero-order valence-corrected chi connectivity index (χ0v) is 18.2. The predicted octanol–water partition coefficient (Wildman–Crippen LogP) is 5.34.